The SMILES string of the molecule is NC1C=C(Cl)C(Oc2cc(C3CC3)c(Cl)nn2)=C(Cl)C1. The Kier molecular flexibility index (Phi) is 3.91. The lowest BCUT2D eigenvalue weighted by Crippen LogP contribution is -2.22. The molecule has 2 aliphatic rings. The molecule has 1 atom stereocenters. The van der Waals surface area contributed by atoms with Crippen molar-refractivity contribution in [3.8, 4) is 5.88 Å². The van der Waals surface area contributed by atoms with E-state index in [0.717, 1.165) is 18.4 Å². The Hall–Kier alpha value is -0.810. The van der Waals surface area contributed by atoms with E-state index in [1.807, 2.05) is 0 Å². The second kappa shape index (κ2) is 5.53. The summed E-state index contributed by atoms with van der Waals surface area (Å²) in [5.41, 5.74) is 6.74. The van der Waals surface area contributed by atoms with E-state index in [-0.39, 0.29) is 6.04 Å². The van der Waals surface area contributed by atoms with Gasteiger partial charge in [-0.1, -0.05) is 34.8 Å². The van der Waals surface area contributed by atoms with Gasteiger partial charge < -0.3 is 10.5 Å². The first-order valence-electron chi connectivity index (χ1n) is 6.27. The average molecular weight is 333 g/mol. The van der Waals surface area contributed by atoms with Crippen molar-refractivity contribution < 1.29 is 4.74 Å². The number of aromatic nitrogens is 2. The van der Waals surface area contributed by atoms with Crippen molar-refractivity contribution in [2.75, 3.05) is 0 Å². The third-order valence-corrected chi connectivity index (χ3v) is 4.13. The Morgan fingerprint density at radius 3 is 2.60 bits per heavy atom. The van der Waals surface area contributed by atoms with Crippen LogP contribution in [-0.4, -0.2) is 16.2 Å². The van der Waals surface area contributed by atoms with Crippen LogP contribution in [0.2, 0.25) is 5.15 Å². The molecule has 1 saturated carbocycles. The highest BCUT2D eigenvalue weighted by molar-refractivity contribution is 6.35. The molecule has 1 aromatic heterocycles. The van der Waals surface area contributed by atoms with E-state index in [9.17, 15) is 0 Å². The van der Waals surface area contributed by atoms with Gasteiger partial charge in [-0.2, -0.15) is 0 Å². The summed E-state index contributed by atoms with van der Waals surface area (Å²) in [4.78, 5) is 0. The molecule has 0 aliphatic heterocycles. The lowest BCUT2D eigenvalue weighted by atomic mass is 10.1. The number of halogens is 3. The molecule has 7 heteroatoms. The predicted octanol–water partition coefficient (Wildman–Crippen LogP) is 3.69. The van der Waals surface area contributed by atoms with E-state index in [2.05, 4.69) is 10.2 Å². The van der Waals surface area contributed by atoms with E-state index in [1.165, 1.54) is 0 Å². The molecule has 1 heterocycles. The summed E-state index contributed by atoms with van der Waals surface area (Å²) in [6.07, 6.45) is 4.42. The molecular weight excluding hydrogens is 321 g/mol. The molecule has 0 spiro atoms. The molecule has 0 radical (unpaired) electrons. The van der Waals surface area contributed by atoms with E-state index in [0.29, 0.717) is 39.2 Å². The number of ether oxygens (including phenoxy) is 1. The first-order valence-corrected chi connectivity index (χ1v) is 7.41. The molecule has 0 amide bonds. The first-order chi connectivity index (χ1) is 9.54. The number of rotatable bonds is 3. The zero-order valence-electron chi connectivity index (χ0n) is 10.4. The Labute approximate surface area is 131 Å². The Balaban J connectivity index is 1.86. The normalized spacial score (nSPS) is 22.8. The van der Waals surface area contributed by atoms with Crippen LogP contribution in [0.15, 0.2) is 28.0 Å². The highest BCUT2D eigenvalue weighted by Crippen LogP contribution is 2.43. The third kappa shape index (κ3) is 2.93. The van der Waals surface area contributed by atoms with Crippen LogP contribution in [0.5, 0.6) is 5.88 Å². The first kappa shape index (κ1) is 14.1. The zero-order valence-corrected chi connectivity index (χ0v) is 12.7. The minimum Gasteiger partial charge on any atom is -0.435 e. The van der Waals surface area contributed by atoms with Crippen LogP contribution in [0.3, 0.4) is 0 Å². The van der Waals surface area contributed by atoms with Crippen molar-refractivity contribution in [1.29, 1.82) is 0 Å². The maximum absolute atomic E-state index is 6.14. The maximum atomic E-state index is 6.14. The minimum absolute atomic E-state index is 0.194. The number of nitrogens with zero attached hydrogens (tertiary/aromatic N) is 2. The van der Waals surface area contributed by atoms with Crippen molar-refractivity contribution in [2.24, 2.45) is 5.73 Å². The smallest absolute Gasteiger partial charge is 0.239 e. The second-order valence-corrected chi connectivity index (χ2v) is 6.14. The molecule has 0 aromatic carbocycles. The van der Waals surface area contributed by atoms with Crippen molar-refractivity contribution in [3.63, 3.8) is 0 Å². The van der Waals surface area contributed by atoms with Gasteiger partial charge in [-0.3, -0.25) is 0 Å². The lowest BCUT2D eigenvalue weighted by molar-refractivity contribution is 0.408. The van der Waals surface area contributed by atoms with E-state index in [4.69, 9.17) is 45.3 Å². The van der Waals surface area contributed by atoms with Crippen molar-refractivity contribution in [2.45, 2.75) is 31.2 Å². The van der Waals surface area contributed by atoms with Gasteiger partial charge in [0.15, 0.2) is 10.9 Å². The van der Waals surface area contributed by atoms with Crippen LogP contribution in [0.25, 0.3) is 0 Å². The number of hydrogen-bond acceptors (Lipinski definition) is 4. The molecule has 4 nitrogen and oxygen atoms in total. The van der Waals surface area contributed by atoms with Gasteiger partial charge in [0.25, 0.3) is 0 Å². The summed E-state index contributed by atoms with van der Waals surface area (Å²) in [6, 6.07) is 1.60. The molecule has 1 unspecified atom stereocenters. The molecule has 2 aliphatic carbocycles. The second-order valence-electron chi connectivity index (χ2n) is 4.92. The fourth-order valence-electron chi connectivity index (χ4n) is 2.06. The van der Waals surface area contributed by atoms with Crippen molar-refractivity contribution in [3.05, 3.63) is 38.7 Å². The van der Waals surface area contributed by atoms with Crippen molar-refractivity contribution in [1.82, 2.24) is 10.2 Å². The summed E-state index contributed by atoms with van der Waals surface area (Å²) in [5, 5.41) is 9.12. The molecule has 1 fully saturated rings. The standard InChI is InChI=1S/C13H12Cl3N3O/c14-9-3-7(17)4-10(15)12(9)20-11-5-8(6-1-2-6)13(16)19-18-11/h3,5-7H,1-2,4,17H2. The van der Waals surface area contributed by atoms with Gasteiger partial charge in [-0.25, -0.2) is 0 Å². The van der Waals surface area contributed by atoms with E-state index in [1.54, 1.807) is 12.1 Å². The average Bonchev–Trinajstić information content (AvgIpc) is 3.19. The predicted molar refractivity (Wildman–Crippen MR) is 79.1 cm³/mol. The molecule has 20 heavy (non-hydrogen) atoms. The van der Waals surface area contributed by atoms with Gasteiger partial charge in [0.05, 0.1) is 10.1 Å². The maximum Gasteiger partial charge on any atom is 0.239 e. The lowest BCUT2D eigenvalue weighted by Gasteiger charge is -2.18. The van der Waals surface area contributed by atoms with Gasteiger partial charge in [-0.05, 0) is 30.4 Å². The molecule has 1 aromatic rings. The Morgan fingerprint density at radius 2 is 1.95 bits per heavy atom. The monoisotopic (exact) mass is 331 g/mol. The highest BCUT2D eigenvalue weighted by atomic mass is 35.5. The molecule has 0 bridgehead atoms. The molecule has 0 saturated heterocycles. The summed E-state index contributed by atoms with van der Waals surface area (Å²) >= 11 is 18.3. The highest BCUT2D eigenvalue weighted by Gasteiger charge is 2.28. The summed E-state index contributed by atoms with van der Waals surface area (Å²) in [7, 11) is 0. The van der Waals surface area contributed by atoms with Crippen LogP contribution in [-0.2, 0) is 0 Å². The van der Waals surface area contributed by atoms with Crippen LogP contribution >= 0.6 is 34.8 Å². The Bertz CT molecular complexity index is 611. The molecule has 3 rings (SSSR count). The zero-order chi connectivity index (χ0) is 14.3. The molecular formula is C13H12Cl3N3O. The van der Waals surface area contributed by atoms with Gasteiger partial charge in [0, 0.05) is 18.5 Å². The number of allylic oxidation sites excluding steroid dienone is 1. The van der Waals surface area contributed by atoms with Gasteiger partial charge in [-0.15, -0.1) is 10.2 Å². The summed E-state index contributed by atoms with van der Waals surface area (Å²) < 4.78 is 5.66. The quantitative estimate of drug-likeness (QED) is 0.917. The molecule has 2 N–H and O–H groups in total. The molecule has 106 valence electrons. The topological polar surface area (TPSA) is 61.0 Å². The van der Waals surface area contributed by atoms with E-state index >= 15 is 0 Å². The van der Waals surface area contributed by atoms with E-state index < -0.39 is 0 Å². The van der Waals surface area contributed by atoms with Crippen LogP contribution in [0.1, 0.15) is 30.7 Å². The van der Waals surface area contributed by atoms with Gasteiger partial charge >= 0.3 is 0 Å². The number of hydrogen-bond donors (Lipinski definition) is 1. The van der Waals surface area contributed by atoms with Crippen molar-refractivity contribution >= 4 is 34.8 Å². The fraction of sp³-hybridized carbons (Fsp3) is 0.385. The van der Waals surface area contributed by atoms with Crippen LogP contribution < -0.4 is 10.5 Å². The number of nitrogens with two attached hydrogens (primary N) is 1. The van der Waals surface area contributed by atoms with Gasteiger partial charge in [0.2, 0.25) is 5.88 Å². The summed E-state index contributed by atoms with van der Waals surface area (Å²) in [5.74, 6) is 1.18. The fourth-order valence-corrected chi connectivity index (χ4v) is 2.99. The van der Waals surface area contributed by atoms with Crippen LogP contribution in [0, 0.1) is 0 Å². The van der Waals surface area contributed by atoms with Gasteiger partial charge in [0.1, 0.15) is 0 Å². The largest absolute Gasteiger partial charge is 0.435 e. The summed E-state index contributed by atoms with van der Waals surface area (Å²) in [6.45, 7) is 0. The minimum atomic E-state index is -0.194. The Morgan fingerprint density at radius 1 is 1.20 bits per heavy atom. The third-order valence-electron chi connectivity index (χ3n) is 3.22. The van der Waals surface area contributed by atoms with Crippen LogP contribution in [0.4, 0.5) is 0 Å².